The van der Waals surface area contributed by atoms with Gasteiger partial charge >= 0.3 is 0 Å². The lowest BCUT2D eigenvalue weighted by Crippen LogP contribution is -2.04. The first-order valence-corrected chi connectivity index (χ1v) is 6.44. The normalized spacial score (nSPS) is 10.6. The number of ether oxygens (including phenoxy) is 2. The number of aromatic nitrogens is 2. The van der Waals surface area contributed by atoms with Gasteiger partial charge in [-0.15, -0.1) is 0 Å². The molecule has 0 amide bonds. The maximum absolute atomic E-state index is 12.5. The molecule has 5 heteroatoms. The zero-order chi connectivity index (χ0) is 14.8. The van der Waals surface area contributed by atoms with Crippen LogP contribution in [0.1, 0.15) is 16.2 Å². The van der Waals surface area contributed by atoms with E-state index in [1.54, 1.807) is 25.3 Å². The van der Waals surface area contributed by atoms with Crippen LogP contribution in [0.5, 0.6) is 11.5 Å². The van der Waals surface area contributed by atoms with Gasteiger partial charge in [0, 0.05) is 5.56 Å². The van der Waals surface area contributed by atoms with Crippen LogP contribution in [0, 0.1) is 0 Å². The van der Waals surface area contributed by atoms with Crippen molar-refractivity contribution in [3.63, 3.8) is 0 Å². The number of hydrogen-bond donors (Lipinski definition) is 1. The zero-order valence-corrected chi connectivity index (χ0v) is 11.7. The number of benzene rings is 2. The molecule has 0 bridgehead atoms. The SMILES string of the molecule is COc1ccc(C(=O)c2nc3ccccc3[nH]2)cc1OC. The van der Waals surface area contributed by atoms with Crippen LogP contribution >= 0.6 is 0 Å². The molecule has 0 radical (unpaired) electrons. The number of imidazole rings is 1. The van der Waals surface area contributed by atoms with Crippen LogP contribution in [0.2, 0.25) is 0 Å². The fraction of sp³-hybridized carbons (Fsp3) is 0.125. The van der Waals surface area contributed by atoms with Crippen molar-refractivity contribution < 1.29 is 14.3 Å². The van der Waals surface area contributed by atoms with Crippen molar-refractivity contribution in [2.45, 2.75) is 0 Å². The smallest absolute Gasteiger partial charge is 0.228 e. The number of nitrogens with zero attached hydrogens (tertiary/aromatic N) is 1. The van der Waals surface area contributed by atoms with Crippen LogP contribution in [0.25, 0.3) is 11.0 Å². The average Bonchev–Trinajstić information content (AvgIpc) is 2.97. The van der Waals surface area contributed by atoms with Gasteiger partial charge in [-0.2, -0.15) is 0 Å². The van der Waals surface area contributed by atoms with Gasteiger partial charge in [-0.3, -0.25) is 4.79 Å². The summed E-state index contributed by atoms with van der Waals surface area (Å²) in [4.78, 5) is 19.8. The van der Waals surface area contributed by atoms with E-state index >= 15 is 0 Å². The van der Waals surface area contributed by atoms with E-state index in [4.69, 9.17) is 9.47 Å². The van der Waals surface area contributed by atoms with Crippen molar-refractivity contribution in [3.8, 4) is 11.5 Å². The van der Waals surface area contributed by atoms with Crippen molar-refractivity contribution in [1.82, 2.24) is 9.97 Å². The van der Waals surface area contributed by atoms with E-state index in [2.05, 4.69) is 9.97 Å². The minimum absolute atomic E-state index is 0.188. The number of fused-ring (bicyclic) bond motifs is 1. The molecule has 21 heavy (non-hydrogen) atoms. The summed E-state index contributed by atoms with van der Waals surface area (Å²) in [6.45, 7) is 0. The quantitative estimate of drug-likeness (QED) is 0.747. The lowest BCUT2D eigenvalue weighted by atomic mass is 10.1. The molecular formula is C16H14N2O3. The Bertz CT molecular complexity index is 775. The molecule has 2 aromatic carbocycles. The summed E-state index contributed by atoms with van der Waals surface area (Å²) in [6, 6.07) is 12.6. The molecule has 0 aliphatic carbocycles. The molecule has 0 fully saturated rings. The number of hydrogen-bond acceptors (Lipinski definition) is 4. The number of para-hydroxylation sites is 2. The number of carbonyl (C=O) groups excluding carboxylic acids is 1. The van der Waals surface area contributed by atoms with Gasteiger partial charge in [0.05, 0.1) is 25.3 Å². The molecule has 1 aromatic heterocycles. The first-order chi connectivity index (χ1) is 10.2. The van der Waals surface area contributed by atoms with Crippen molar-refractivity contribution in [3.05, 3.63) is 53.9 Å². The molecule has 106 valence electrons. The Morgan fingerprint density at radius 3 is 2.52 bits per heavy atom. The molecule has 3 rings (SSSR count). The van der Waals surface area contributed by atoms with Crippen molar-refractivity contribution in [1.29, 1.82) is 0 Å². The van der Waals surface area contributed by atoms with Gasteiger partial charge in [0.2, 0.25) is 5.78 Å². The van der Waals surface area contributed by atoms with Gasteiger partial charge in [-0.1, -0.05) is 12.1 Å². The average molecular weight is 282 g/mol. The predicted octanol–water partition coefficient (Wildman–Crippen LogP) is 2.81. The van der Waals surface area contributed by atoms with E-state index in [1.807, 2.05) is 24.3 Å². The van der Waals surface area contributed by atoms with Crippen LogP contribution < -0.4 is 9.47 Å². The highest BCUT2D eigenvalue weighted by molar-refractivity contribution is 6.08. The third-order valence-electron chi connectivity index (χ3n) is 3.25. The van der Waals surface area contributed by atoms with Gasteiger partial charge < -0.3 is 14.5 Å². The minimum atomic E-state index is -0.188. The molecule has 0 saturated heterocycles. The topological polar surface area (TPSA) is 64.2 Å². The molecular weight excluding hydrogens is 268 g/mol. The third-order valence-corrected chi connectivity index (χ3v) is 3.25. The Morgan fingerprint density at radius 1 is 1.05 bits per heavy atom. The second kappa shape index (κ2) is 5.28. The van der Waals surface area contributed by atoms with Crippen LogP contribution in [-0.2, 0) is 0 Å². The highest BCUT2D eigenvalue weighted by atomic mass is 16.5. The fourth-order valence-corrected chi connectivity index (χ4v) is 2.17. The zero-order valence-electron chi connectivity index (χ0n) is 11.7. The molecule has 5 nitrogen and oxygen atoms in total. The monoisotopic (exact) mass is 282 g/mol. The van der Waals surface area contributed by atoms with E-state index in [0.29, 0.717) is 22.9 Å². The largest absolute Gasteiger partial charge is 0.493 e. The summed E-state index contributed by atoms with van der Waals surface area (Å²) in [7, 11) is 3.09. The Morgan fingerprint density at radius 2 is 1.81 bits per heavy atom. The van der Waals surface area contributed by atoms with E-state index in [1.165, 1.54) is 7.11 Å². The van der Waals surface area contributed by atoms with Gasteiger partial charge in [0.15, 0.2) is 17.3 Å². The summed E-state index contributed by atoms with van der Waals surface area (Å²) >= 11 is 0. The number of rotatable bonds is 4. The van der Waals surface area contributed by atoms with Gasteiger partial charge in [0.1, 0.15) is 0 Å². The maximum atomic E-state index is 12.5. The highest BCUT2D eigenvalue weighted by Crippen LogP contribution is 2.28. The Labute approximate surface area is 121 Å². The van der Waals surface area contributed by atoms with Gasteiger partial charge in [0.25, 0.3) is 0 Å². The molecule has 0 spiro atoms. The Hall–Kier alpha value is -2.82. The summed E-state index contributed by atoms with van der Waals surface area (Å²) < 4.78 is 10.4. The lowest BCUT2D eigenvalue weighted by molar-refractivity contribution is 0.103. The standard InChI is InChI=1S/C16H14N2O3/c1-20-13-8-7-10(9-14(13)21-2)15(19)16-17-11-5-3-4-6-12(11)18-16/h3-9H,1-2H3,(H,17,18). The van der Waals surface area contributed by atoms with Crippen LogP contribution in [0.4, 0.5) is 0 Å². The maximum Gasteiger partial charge on any atom is 0.228 e. The highest BCUT2D eigenvalue weighted by Gasteiger charge is 2.16. The molecule has 0 atom stereocenters. The second-order valence-electron chi connectivity index (χ2n) is 4.50. The van der Waals surface area contributed by atoms with Gasteiger partial charge in [-0.05, 0) is 30.3 Å². The van der Waals surface area contributed by atoms with E-state index in [-0.39, 0.29) is 5.78 Å². The van der Waals surface area contributed by atoms with Crippen LogP contribution in [0.3, 0.4) is 0 Å². The number of aromatic amines is 1. The number of nitrogens with one attached hydrogen (secondary N) is 1. The molecule has 1 heterocycles. The number of H-pyrrole nitrogens is 1. The van der Waals surface area contributed by atoms with E-state index in [0.717, 1.165) is 11.0 Å². The molecule has 0 aliphatic heterocycles. The number of methoxy groups -OCH3 is 2. The molecule has 0 aliphatic rings. The third kappa shape index (κ3) is 2.33. The predicted molar refractivity (Wildman–Crippen MR) is 79.1 cm³/mol. The first kappa shape index (κ1) is 13.2. The lowest BCUT2D eigenvalue weighted by Gasteiger charge is -2.08. The number of ketones is 1. The van der Waals surface area contributed by atoms with Crippen molar-refractivity contribution in [2.75, 3.05) is 14.2 Å². The minimum Gasteiger partial charge on any atom is -0.493 e. The van der Waals surface area contributed by atoms with Crippen LogP contribution in [-0.4, -0.2) is 30.0 Å². The number of carbonyl (C=O) groups is 1. The van der Waals surface area contributed by atoms with E-state index < -0.39 is 0 Å². The first-order valence-electron chi connectivity index (χ1n) is 6.44. The molecule has 0 saturated carbocycles. The van der Waals surface area contributed by atoms with Crippen molar-refractivity contribution >= 4 is 16.8 Å². The summed E-state index contributed by atoms with van der Waals surface area (Å²) in [5.41, 5.74) is 2.09. The summed E-state index contributed by atoms with van der Waals surface area (Å²) in [5.74, 6) is 1.22. The molecule has 1 N–H and O–H groups in total. The Balaban J connectivity index is 2.01. The summed E-state index contributed by atoms with van der Waals surface area (Å²) in [6.07, 6.45) is 0. The Kier molecular flexibility index (Phi) is 3.31. The summed E-state index contributed by atoms with van der Waals surface area (Å²) in [5, 5.41) is 0. The van der Waals surface area contributed by atoms with Gasteiger partial charge in [-0.25, -0.2) is 4.98 Å². The van der Waals surface area contributed by atoms with E-state index in [9.17, 15) is 4.79 Å². The second-order valence-corrected chi connectivity index (χ2v) is 4.50. The van der Waals surface area contributed by atoms with Crippen LogP contribution in [0.15, 0.2) is 42.5 Å². The fourth-order valence-electron chi connectivity index (χ4n) is 2.17. The molecule has 3 aromatic rings. The van der Waals surface area contributed by atoms with Crippen molar-refractivity contribution in [2.24, 2.45) is 0 Å². The molecule has 0 unspecified atom stereocenters.